The highest BCUT2D eigenvalue weighted by atomic mass is 35.5. The van der Waals surface area contributed by atoms with Crippen LogP contribution in [0.2, 0.25) is 0 Å². The van der Waals surface area contributed by atoms with Crippen LogP contribution in [0.3, 0.4) is 0 Å². The highest BCUT2D eigenvalue weighted by Gasteiger charge is 2.04. The molecular weight excluding hydrogens is 222 g/mol. The van der Waals surface area contributed by atoms with E-state index in [2.05, 4.69) is 39.0 Å². The third-order valence-electron chi connectivity index (χ3n) is 2.48. The molecule has 0 radical (unpaired) electrons. The van der Waals surface area contributed by atoms with Crippen molar-refractivity contribution in [3.63, 3.8) is 0 Å². The minimum Gasteiger partial charge on any atom is -0.493 e. The Kier molecular flexibility index (Phi) is 7.18. The minimum atomic E-state index is 0. The lowest BCUT2D eigenvalue weighted by Gasteiger charge is -2.12. The van der Waals surface area contributed by atoms with Gasteiger partial charge in [-0.3, -0.25) is 0 Å². The van der Waals surface area contributed by atoms with Crippen molar-refractivity contribution in [2.75, 3.05) is 13.2 Å². The summed E-state index contributed by atoms with van der Waals surface area (Å²) in [6.07, 6.45) is 0.908. The molecule has 16 heavy (non-hydrogen) atoms. The Morgan fingerprint density at radius 1 is 1.31 bits per heavy atom. The first-order valence-corrected chi connectivity index (χ1v) is 5.58. The van der Waals surface area contributed by atoms with Gasteiger partial charge in [-0.25, -0.2) is 0 Å². The maximum atomic E-state index is 5.69. The van der Waals surface area contributed by atoms with Gasteiger partial charge in [0.05, 0.1) is 6.61 Å². The number of nitrogens with two attached hydrogens (primary N) is 1. The summed E-state index contributed by atoms with van der Waals surface area (Å²) in [5.74, 6) is 1.54. The quantitative estimate of drug-likeness (QED) is 0.806. The van der Waals surface area contributed by atoms with Crippen LogP contribution in [0.1, 0.15) is 37.3 Å². The van der Waals surface area contributed by atoms with Crippen molar-refractivity contribution in [2.45, 2.75) is 33.1 Å². The number of halogens is 1. The molecule has 0 aliphatic rings. The standard InChI is InChI=1S/C13H21NO.ClH/c1-10(2)12-6-5-11(3)13(9-12)15-8-4-7-14;/h5-6,9-10H,4,7-8,14H2,1-3H3;1H. The van der Waals surface area contributed by atoms with Gasteiger partial charge in [0.25, 0.3) is 0 Å². The van der Waals surface area contributed by atoms with Crippen molar-refractivity contribution in [2.24, 2.45) is 5.73 Å². The van der Waals surface area contributed by atoms with Crippen molar-refractivity contribution in [3.05, 3.63) is 29.3 Å². The molecule has 0 unspecified atom stereocenters. The fourth-order valence-corrected chi connectivity index (χ4v) is 1.40. The third-order valence-corrected chi connectivity index (χ3v) is 2.48. The zero-order valence-electron chi connectivity index (χ0n) is 10.3. The van der Waals surface area contributed by atoms with Crippen LogP contribution >= 0.6 is 12.4 Å². The molecular formula is C13H22ClNO. The molecule has 1 aromatic carbocycles. The number of hydrogen-bond donors (Lipinski definition) is 1. The van der Waals surface area contributed by atoms with Gasteiger partial charge in [-0.05, 0) is 43.0 Å². The van der Waals surface area contributed by atoms with Crippen LogP contribution in [0.4, 0.5) is 0 Å². The van der Waals surface area contributed by atoms with Gasteiger partial charge in [0.15, 0.2) is 0 Å². The number of ether oxygens (including phenoxy) is 1. The van der Waals surface area contributed by atoms with Gasteiger partial charge >= 0.3 is 0 Å². The van der Waals surface area contributed by atoms with Crippen LogP contribution in [-0.4, -0.2) is 13.2 Å². The fraction of sp³-hybridized carbons (Fsp3) is 0.538. The zero-order valence-corrected chi connectivity index (χ0v) is 11.1. The molecule has 0 aliphatic heterocycles. The Hall–Kier alpha value is -0.730. The molecule has 2 N–H and O–H groups in total. The summed E-state index contributed by atoms with van der Waals surface area (Å²) in [4.78, 5) is 0. The Balaban J connectivity index is 0.00000225. The van der Waals surface area contributed by atoms with E-state index in [0.717, 1.165) is 12.2 Å². The summed E-state index contributed by atoms with van der Waals surface area (Å²) in [5.41, 5.74) is 7.94. The van der Waals surface area contributed by atoms with E-state index < -0.39 is 0 Å². The molecule has 0 bridgehead atoms. The molecule has 0 spiro atoms. The maximum Gasteiger partial charge on any atom is 0.122 e. The predicted octanol–water partition coefficient (Wildman–Crippen LogP) is 3.27. The molecule has 0 aromatic heterocycles. The van der Waals surface area contributed by atoms with Crippen LogP contribution in [0.15, 0.2) is 18.2 Å². The van der Waals surface area contributed by atoms with Crippen molar-refractivity contribution >= 4 is 12.4 Å². The van der Waals surface area contributed by atoms with Gasteiger partial charge in [-0.15, -0.1) is 12.4 Å². The summed E-state index contributed by atoms with van der Waals surface area (Å²) < 4.78 is 5.69. The second-order valence-electron chi connectivity index (χ2n) is 4.17. The van der Waals surface area contributed by atoms with Crippen molar-refractivity contribution in [3.8, 4) is 5.75 Å². The highest BCUT2D eigenvalue weighted by molar-refractivity contribution is 5.85. The predicted molar refractivity (Wildman–Crippen MR) is 71.7 cm³/mol. The first-order chi connectivity index (χ1) is 7.15. The summed E-state index contributed by atoms with van der Waals surface area (Å²) in [6.45, 7) is 7.84. The second-order valence-corrected chi connectivity index (χ2v) is 4.17. The molecule has 2 nitrogen and oxygen atoms in total. The smallest absolute Gasteiger partial charge is 0.122 e. The lowest BCUT2D eigenvalue weighted by Crippen LogP contribution is -2.07. The Labute approximate surface area is 105 Å². The first kappa shape index (κ1) is 15.3. The van der Waals surface area contributed by atoms with Gasteiger partial charge in [0.2, 0.25) is 0 Å². The monoisotopic (exact) mass is 243 g/mol. The topological polar surface area (TPSA) is 35.2 Å². The van der Waals surface area contributed by atoms with Crippen LogP contribution in [0.5, 0.6) is 5.75 Å². The Morgan fingerprint density at radius 3 is 2.56 bits per heavy atom. The molecule has 92 valence electrons. The van der Waals surface area contributed by atoms with Gasteiger partial charge < -0.3 is 10.5 Å². The number of aryl methyl sites for hydroxylation is 1. The van der Waals surface area contributed by atoms with E-state index in [1.807, 2.05) is 0 Å². The summed E-state index contributed by atoms with van der Waals surface area (Å²) in [5, 5.41) is 0. The molecule has 0 amide bonds. The molecule has 1 rings (SSSR count). The van der Waals surface area contributed by atoms with E-state index in [0.29, 0.717) is 19.1 Å². The van der Waals surface area contributed by atoms with Gasteiger partial charge in [0.1, 0.15) is 5.75 Å². The molecule has 3 heteroatoms. The molecule has 0 heterocycles. The fourth-order valence-electron chi connectivity index (χ4n) is 1.40. The first-order valence-electron chi connectivity index (χ1n) is 5.58. The largest absolute Gasteiger partial charge is 0.493 e. The average Bonchev–Trinajstić information content (AvgIpc) is 2.20. The van der Waals surface area contributed by atoms with Crippen molar-refractivity contribution < 1.29 is 4.74 Å². The van der Waals surface area contributed by atoms with E-state index in [1.54, 1.807) is 0 Å². The Bertz CT molecular complexity index is 313. The van der Waals surface area contributed by atoms with Gasteiger partial charge in [-0.2, -0.15) is 0 Å². The van der Waals surface area contributed by atoms with Crippen molar-refractivity contribution in [1.82, 2.24) is 0 Å². The van der Waals surface area contributed by atoms with Crippen LogP contribution in [0.25, 0.3) is 0 Å². The lowest BCUT2D eigenvalue weighted by atomic mass is 10.0. The average molecular weight is 244 g/mol. The molecule has 1 aromatic rings. The highest BCUT2D eigenvalue weighted by Crippen LogP contribution is 2.24. The summed E-state index contributed by atoms with van der Waals surface area (Å²) in [7, 11) is 0. The Morgan fingerprint density at radius 2 is 2.00 bits per heavy atom. The summed E-state index contributed by atoms with van der Waals surface area (Å²) in [6, 6.07) is 6.42. The number of benzene rings is 1. The lowest BCUT2D eigenvalue weighted by molar-refractivity contribution is 0.311. The van der Waals surface area contributed by atoms with Crippen LogP contribution in [-0.2, 0) is 0 Å². The van der Waals surface area contributed by atoms with Crippen LogP contribution in [0, 0.1) is 6.92 Å². The van der Waals surface area contributed by atoms with Gasteiger partial charge in [0, 0.05) is 0 Å². The molecule has 0 saturated heterocycles. The number of rotatable bonds is 5. The second kappa shape index (κ2) is 7.53. The van der Waals surface area contributed by atoms with E-state index in [4.69, 9.17) is 10.5 Å². The molecule has 0 aliphatic carbocycles. The normalized spacial score (nSPS) is 10.1. The van der Waals surface area contributed by atoms with E-state index in [-0.39, 0.29) is 12.4 Å². The molecule has 0 fully saturated rings. The van der Waals surface area contributed by atoms with Crippen LogP contribution < -0.4 is 10.5 Å². The SMILES string of the molecule is Cc1ccc(C(C)C)cc1OCCCN.Cl. The number of hydrogen-bond acceptors (Lipinski definition) is 2. The third kappa shape index (κ3) is 4.42. The van der Waals surface area contributed by atoms with E-state index in [1.165, 1.54) is 11.1 Å². The minimum absolute atomic E-state index is 0. The van der Waals surface area contributed by atoms with E-state index >= 15 is 0 Å². The van der Waals surface area contributed by atoms with E-state index in [9.17, 15) is 0 Å². The maximum absolute atomic E-state index is 5.69. The summed E-state index contributed by atoms with van der Waals surface area (Å²) >= 11 is 0. The molecule has 0 atom stereocenters. The van der Waals surface area contributed by atoms with Crippen molar-refractivity contribution in [1.29, 1.82) is 0 Å². The zero-order chi connectivity index (χ0) is 11.3. The molecule has 0 saturated carbocycles. The van der Waals surface area contributed by atoms with Gasteiger partial charge in [-0.1, -0.05) is 26.0 Å².